The first-order valence-corrected chi connectivity index (χ1v) is 8.01. The topological polar surface area (TPSA) is 48.3 Å². The third-order valence-corrected chi connectivity index (χ3v) is 4.00. The number of ether oxygens (including phenoxy) is 1. The van der Waals surface area contributed by atoms with E-state index in [9.17, 15) is 9.59 Å². The summed E-state index contributed by atoms with van der Waals surface area (Å²) in [6.45, 7) is 2.24. The Morgan fingerprint density at radius 2 is 1.75 bits per heavy atom. The second-order valence-corrected chi connectivity index (χ2v) is 5.79. The summed E-state index contributed by atoms with van der Waals surface area (Å²) in [5.74, 6) is -0.387. The van der Waals surface area contributed by atoms with Gasteiger partial charge >= 0.3 is 5.97 Å². The van der Waals surface area contributed by atoms with Gasteiger partial charge in [0, 0.05) is 27.9 Å². The van der Waals surface area contributed by atoms with Crippen LogP contribution in [-0.4, -0.2) is 22.9 Å². The van der Waals surface area contributed by atoms with Crippen LogP contribution in [0.3, 0.4) is 0 Å². The van der Waals surface area contributed by atoms with E-state index in [1.54, 1.807) is 47.9 Å². The number of nitrogens with zero attached hydrogens (tertiary/aromatic N) is 1. The third-order valence-electron chi connectivity index (χ3n) is 3.75. The minimum atomic E-state index is -0.301. The quantitative estimate of drug-likeness (QED) is 0.519. The minimum Gasteiger partial charge on any atom is -0.465 e. The number of aromatic nitrogens is 1. The van der Waals surface area contributed by atoms with Crippen LogP contribution in [-0.2, 0) is 16.1 Å². The van der Waals surface area contributed by atoms with Crippen molar-refractivity contribution >= 4 is 34.3 Å². The molecule has 0 unspecified atom stereocenters. The van der Waals surface area contributed by atoms with Crippen molar-refractivity contribution in [2.75, 3.05) is 6.61 Å². The Kier molecular flexibility index (Phi) is 4.67. The first kappa shape index (κ1) is 16.3. The number of rotatable bonds is 5. The van der Waals surface area contributed by atoms with Crippen LogP contribution in [0.25, 0.3) is 10.9 Å². The van der Waals surface area contributed by atoms with Crippen LogP contribution in [0.15, 0.2) is 54.7 Å². The Bertz CT molecular complexity index is 897. The molecule has 5 heteroatoms. The third kappa shape index (κ3) is 3.34. The SMILES string of the molecule is CCOC(=O)Cn1ccc2ccc(C(=O)c3ccc(Cl)cc3)cc21. The maximum atomic E-state index is 12.6. The van der Waals surface area contributed by atoms with E-state index in [1.807, 2.05) is 18.3 Å². The highest BCUT2D eigenvalue weighted by molar-refractivity contribution is 6.30. The number of benzene rings is 2. The van der Waals surface area contributed by atoms with E-state index in [1.165, 1.54) is 0 Å². The first-order valence-electron chi connectivity index (χ1n) is 7.63. The molecule has 0 aliphatic carbocycles. The van der Waals surface area contributed by atoms with Gasteiger partial charge in [-0.2, -0.15) is 0 Å². The lowest BCUT2D eigenvalue weighted by molar-refractivity contribution is -0.143. The molecule has 122 valence electrons. The zero-order chi connectivity index (χ0) is 17.1. The van der Waals surface area contributed by atoms with Gasteiger partial charge in [0.2, 0.25) is 0 Å². The van der Waals surface area contributed by atoms with Gasteiger partial charge in [-0.15, -0.1) is 0 Å². The molecule has 0 radical (unpaired) electrons. The summed E-state index contributed by atoms with van der Waals surface area (Å²) < 4.78 is 6.77. The minimum absolute atomic E-state index is 0.0857. The number of hydrogen-bond donors (Lipinski definition) is 0. The van der Waals surface area contributed by atoms with E-state index in [0.717, 1.165) is 10.9 Å². The molecule has 4 nitrogen and oxygen atoms in total. The van der Waals surface area contributed by atoms with Crippen LogP contribution < -0.4 is 0 Å². The van der Waals surface area contributed by atoms with Crippen LogP contribution in [0.4, 0.5) is 0 Å². The highest BCUT2D eigenvalue weighted by Gasteiger charge is 2.12. The number of carbonyl (C=O) groups excluding carboxylic acids is 2. The van der Waals surface area contributed by atoms with Crippen LogP contribution in [0, 0.1) is 0 Å². The summed E-state index contributed by atoms with van der Waals surface area (Å²) in [4.78, 5) is 24.3. The van der Waals surface area contributed by atoms with Crippen LogP contribution >= 0.6 is 11.6 Å². The Balaban J connectivity index is 1.93. The number of hydrogen-bond acceptors (Lipinski definition) is 3. The van der Waals surface area contributed by atoms with Crippen LogP contribution in [0.1, 0.15) is 22.8 Å². The molecule has 24 heavy (non-hydrogen) atoms. The molecule has 0 bridgehead atoms. The molecular weight excluding hydrogens is 326 g/mol. The second kappa shape index (κ2) is 6.89. The molecule has 0 atom stereocenters. The molecule has 0 fully saturated rings. The first-order chi connectivity index (χ1) is 11.6. The molecule has 0 aliphatic rings. The Morgan fingerprint density at radius 1 is 1.04 bits per heavy atom. The second-order valence-electron chi connectivity index (χ2n) is 5.36. The van der Waals surface area contributed by atoms with Crippen molar-refractivity contribution in [2.45, 2.75) is 13.5 Å². The fraction of sp³-hybridized carbons (Fsp3) is 0.158. The number of esters is 1. The molecule has 3 aromatic rings. The van der Waals surface area contributed by atoms with Gasteiger partial charge in [-0.3, -0.25) is 9.59 Å². The van der Waals surface area contributed by atoms with Gasteiger partial charge in [-0.05, 0) is 48.7 Å². The van der Waals surface area contributed by atoms with E-state index in [0.29, 0.717) is 22.8 Å². The van der Waals surface area contributed by atoms with Crippen molar-refractivity contribution in [2.24, 2.45) is 0 Å². The largest absolute Gasteiger partial charge is 0.465 e. The zero-order valence-corrected chi connectivity index (χ0v) is 13.9. The van der Waals surface area contributed by atoms with E-state index in [-0.39, 0.29) is 18.3 Å². The fourth-order valence-corrected chi connectivity index (χ4v) is 2.70. The van der Waals surface area contributed by atoms with Gasteiger partial charge in [-0.25, -0.2) is 0 Å². The molecule has 2 aromatic carbocycles. The van der Waals surface area contributed by atoms with Crippen molar-refractivity contribution in [1.82, 2.24) is 4.57 Å². The number of ketones is 1. The lowest BCUT2D eigenvalue weighted by atomic mass is 10.0. The van der Waals surface area contributed by atoms with E-state index >= 15 is 0 Å². The molecule has 0 saturated heterocycles. The standard InChI is InChI=1S/C19H16ClNO3/c1-2-24-18(22)12-21-10-9-13-3-4-15(11-17(13)21)19(23)14-5-7-16(20)8-6-14/h3-11H,2,12H2,1H3. The van der Waals surface area contributed by atoms with Crippen molar-refractivity contribution in [3.05, 3.63) is 70.9 Å². The van der Waals surface area contributed by atoms with Gasteiger partial charge in [-0.1, -0.05) is 23.7 Å². The van der Waals surface area contributed by atoms with Gasteiger partial charge in [0.1, 0.15) is 6.54 Å². The van der Waals surface area contributed by atoms with Crippen molar-refractivity contribution < 1.29 is 14.3 Å². The molecule has 0 spiro atoms. The predicted molar refractivity (Wildman–Crippen MR) is 93.5 cm³/mol. The van der Waals surface area contributed by atoms with E-state index < -0.39 is 0 Å². The van der Waals surface area contributed by atoms with Gasteiger partial charge in [0.05, 0.1) is 6.61 Å². The molecular formula is C19H16ClNO3. The molecule has 1 heterocycles. The zero-order valence-electron chi connectivity index (χ0n) is 13.2. The maximum Gasteiger partial charge on any atom is 0.325 e. The monoisotopic (exact) mass is 341 g/mol. The average molecular weight is 342 g/mol. The van der Waals surface area contributed by atoms with Gasteiger partial charge < -0.3 is 9.30 Å². The summed E-state index contributed by atoms with van der Waals surface area (Å²) in [6, 6.07) is 14.2. The lowest BCUT2D eigenvalue weighted by Gasteiger charge is -2.07. The lowest BCUT2D eigenvalue weighted by Crippen LogP contribution is -2.12. The van der Waals surface area contributed by atoms with E-state index in [4.69, 9.17) is 16.3 Å². The summed E-state index contributed by atoms with van der Waals surface area (Å²) in [5.41, 5.74) is 1.96. The highest BCUT2D eigenvalue weighted by Crippen LogP contribution is 2.20. The normalized spacial score (nSPS) is 10.8. The molecule has 0 amide bonds. The van der Waals surface area contributed by atoms with Crippen molar-refractivity contribution in [1.29, 1.82) is 0 Å². The predicted octanol–water partition coefficient (Wildman–Crippen LogP) is 4.09. The smallest absolute Gasteiger partial charge is 0.325 e. The molecule has 0 aliphatic heterocycles. The molecule has 0 saturated carbocycles. The van der Waals surface area contributed by atoms with Crippen molar-refractivity contribution in [3.8, 4) is 0 Å². The number of halogens is 1. The number of carbonyl (C=O) groups is 2. The fourth-order valence-electron chi connectivity index (χ4n) is 2.58. The van der Waals surface area contributed by atoms with E-state index in [2.05, 4.69) is 0 Å². The van der Waals surface area contributed by atoms with Crippen LogP contribution in [0.5, 0.6) is 0 Å². The highest BCUT2D eigenvalue weighted by atomic mass is 35.5. The van der Waals surface area contributed by atoms with Gasteiger partial charge in [0.15, 0.2) is 5.78 Å². The summed E-state index contributed by atoms with van der Waals surface area (Å²) in [5, 5.41) is 1.55. The Hall–Kier alpha value is -2.59. The molecule has 1 aromatic heterocycles. The van der Waals surface area contributed by atoms with Crippen LogP contribution in [0.2, 0.25) is 5.02 Å². The summed E-state index contributed by atoms with van der Waals surface area (Å²) in [6.07, 6.45) is 1.82. The van der Waals surface area contributed by atoms with Crippen molar-refractivity contribution in [3.63, 3.8) is 0 Å². The summed E-state index contributed by atoms with van der Waals surface area (Å²) >= 11 is 5.86. The Morgan fingerprint density at radius 3 is 2.46 bits per heavy atom. The number of fused-ring (bicyclic) bond motifs is 1. The molecule has 3 rings (SSSR count). The molecule has 0 N–H and O–H groups in total. The Labute approximate surface area is 144 Å². The summed E-state index contributed by atoms with van der Waals surface area (Å²) in [7, 11) is 0. The maximum absolute atomic E-state index is 12.6. The van der Waals surface area contributed by atoms with Gasteiger partial charge in [0.25, 0.3) is 0 Å². The average Bonchev–Trinajstić information content (AvgIpc) is 2.97.